The predicted octanol–water partition coefficient (Wildman–Crippen LogP) is 2.70. The lowest BCUT2D eigenvalue weighted by Gasteiger charge is -2.28. The van der Waals surface area contributed by atoms with E-state index in [0.717, 1.165) is 30.9 Å². The van der Waals surface area contributed by atoms with Crippen molar-refractivity contribution in [3.63, 3.8) is 0 Å². The van der Waals surface area contributed by atoms with Gasteiger partial charge in [-0.25, -0.2) is 4.68 Å². The molecule has 0 spiro atoms. The number of ether oxygens (including phenoxy) is 1. The van der Waals surface area contributed by atoms with Gasteiger partial charge in [-0.1, -0.05) is 18.2 Å². The zero-order chi connectivity index (χ0) is 15.9. The van der Waals surface area contributed by atoms with Crippen LogP contribution < -0.4 is 15.2 Å². The van der Waals surface area contributed by atoms with Gasteiger partial charge >= 0.3 is 0 Å². The van der Waals surface area contributed by atoms with E-state index in [2.05, 4.69) is 10.00 Å². The van der Waals surface area contributed by atoms with Crippen LogP contribution in [0.15, 0.2) is 47.4 Å². The van der Waals surface area contributed by atoms with Gasteiger partial charge in [0.2, 0.25) is 0 Å². The third kappa shape index (κ3) is 4.34. The molecular weight excluding hydrogens is 290 g/mol. The summed E-state index contributed by atoms with van der Waals surface area (Å²) in [6.07, 6.45) is 6.23. The van der Waals surface area contributed by atoms with E-state index in [1.165, 1.54) is 23.9 Å². The standard InChI is InChI=1S/C18H23N3O2/c22-18-14-16(20-10-5-2-6-11-20)15-19-21(18)12-7-13-23-17-8-3-1-4-9-17/h1,3-4,8-9,14-15H,2,5-7,10-13H2. The van der Waals surface area contributed by atoms with Gasteiger partial charge in [-0.05, 0) is 31.4 Å². The van der Waals surface area contributed by atoms with Crippen molar-refractivity contribution in [2.75, 3.05) is 24.6 Å². The second kappa shape index (κ2) is 7.81. The van der Waals surface area contributed by atoms with Crippen LogP contribution in [0.4, 0.5) is 5.69 Å². The van der Waals surface area contributed by atoms with E-state index in [0.29, 0.717) is 13.2 Å². The summed E-state index contributed by atoms with van der Waals surface area (Å²) in [5.41, 5.74) is 0.916. The summed E-state index contributed by atoms with van der Waals surface area (Å²) in [7, 11) is 0. The van der Waals surface area contributed by atoms with Gasteiger partial charge in [-0.15, -0.1) is 0 Å². The summed E-state index contributed by atoms with van der Waals surface area (Å²) in [5, 5.41) is 4.30. The fourth-order valence-corrected chi connectivity index (χ4v) is 2.84. The minimum absolute atomic E-state index is 0.0345. The third-order valence-corrected chi connectivity index (χ3v) is 4.10. The van der Waals surface area contributed by atoms with Crippen LogP contribution in [0.1, 0.15) is 25.7 Å². The maximum absolute atomic E-state index is 12.2. The van der Waals surface area contributed by atoms with Crippen LogP contribution in [-0.4, -0.2) is 29.5 Å². The Balaban J connectivity index is 1.51. The molecule has 1 saturated heterocycles. The number of aromatic nitrogens is 2. The van der Waals surface area contributed by atoms with Crippen LogP contribution in [0.3, 0.4) is 0 Å². The Morgan fingerprint density at radius 3 is 2.61 bits per heavy atom. The molecule has 0 bridgehead atoms. The van der Waals surface area contributed by atoms with Gasteiger partial charge in [0.15, 0.2) is 0 Å². The Morgan fingerprint density at radius 1 is 1.09 bits per heavy atom. The van der Waals surface area contributed by atoms with Gasteiger partial charge in [0.05, 0.1) is 18.5 Å². The molecule has 0 amide bonds. The quantitative estimate of drug-likeness (QED) is 0.769. The van der Waals surface area contributed by atoms with Crippen molar-refractivity contribution in [3.8, 4) is 5.75 Å². The van der Waals surface area contributed by atoms with E-state index in [1.54, 1.807) is 6.07 Å². The fraction of sp³-hybridized carbons (Fsp3) is 0.444. The number of para-hydroxylation sites is 1. The van der Waals surface area contributed by atoms with Crippen LogP contribution in [-0.2, 0) is 6.54 Å². The van der Waals surface area contributed by atoms with Gasteiger partial charge in [0.25, 0.3) is 5.56 Å². The molecule has 0 aliphatic carbocycles. The predicted molar refractivity (Wildman–Crippen MR) is 91.1 cm³/mol. The van der Waals surface area contributed by atoms with Crippen molar-refractivity contribution in [2.45, 2.75) is 32.2 Å². The van der Waals surface area contributed by atoms with Crippen LogP contribution in [0.5, 0.6) is 5.75 Å². The summed E-state index contributed by atoms with van der Waals surface area (Å²) in [6.45, 7) is 3.20. The molecule has 2 aromatic rings. The van der Waals surface area contributed by atoms with Gasteiger partial charge in [0.1, 0.15) is 5.75 Å². The summed E-state index contributed by atoms with van der Waals surface area (Å²) < 4.78 is 7.15. The van der Waals surface area contributed by atoms with Gasteiger partial charge in [-0.2, -0.15) is 5.10 Å². The number of rotatable bonds is 6. The van der Waals surface area contributed by atoms with Gasteiger partial charge in [-0.3, -0.25) is 4.79 Å². The summed E-state index contributed by atoms with van der Waals surface area (Å²) in [6, 6.07) is 11.4. The second-order valence-electron chi connectivity index (χ2n) is 5.84. The minimum atomic E-state index is -0.0345. The van der Waals surface area contributed by atoms with E-state index in [4.69, 9.17) is 4.74 Å². The molecule has 2 heterocycles. The monoisotopic (exact) mass is 313 g/mol. The lowest BCUT2D eigenvalue weighted by atomic mass is 10.1. The maximum Gasteiger partial charge on any atom is 0.268 e. The highest BCUT2D eigenvalue weighted by atomic mass is 16.5. The molecule has 0 saturated carbocycles. The average molecular weight is 313 g/mol. The summed E-state index contributed by atoms with van der Waals surface area (Å²) in [5.74, 6) is 0.855. The van der Waals surface area contributed by atoms with Crippen molar-refractivity contribution < 1.29 is 4.74 Å². The van der Waals surface area contributed by atoms with E-state index in [-0.39, 0.29) is 5.56 Å². The SMILES string of the molecule is O=c1cc(N2CCCCC2)cnn1CCCOc1ccccc1. The van der Waals surface area contributed by atoms with Crippen molar-refractivity contribution in [2.24, 2.45) is 0 Å². The highest BCUT2D eigenvalue weighted by Crippen LogP contribution is 2.16. The van der Waals surface area contributed by atoms with Crippen molar-refractivity contribution in [3.05, 3.63) is 52.9 Å². The first-order valence-electron chi connectivity index (χ1n) is 8.33. The van der Waals surface area contributed by atoms with Crippen LogP contribution in [0, 0.1) is 0 Å². The Labute approximate surface area is 136 Å². The zero-order valence-corrected chi connectivity index (χ0v) is 13.4. The van der Waals surface area contributed by atoms with Crippen LogP contribution >= 0.6 is 0 Å². The molecule has 0 atom stereocenters. The molecule has 5 nitrogen and oxygen atoms in total. The van der Waals surface area contributed by atoms with Gasteiger partial charge < -0.3 is 9.64 Å². The zero-order valence-electron chi connectivity index (χ0n) is 13.4. The molecule has 1 fully saturated rings. The fourth-order valence-electron chi connectivity index (χ4n) is 2.84. The minimum Gasteiger partial charge on any atom is -0.494 e. The lowest BCUT2D eigenvalue weighted by molar-refractivity contribution is 0.297. The Morgan fingerprint density at radius 2 is 1.87 bits per heavy atom. The van der Waals surface area contributed by atoms with Gasteiger partial charge in [0, 0.05) is 32.1 Å². The van der Waals surface area contributed by atoms with Crippen LogP contribution in [0.25, 0.3) is 0 Å². The molecule has 0 radical (unpaired) electrons. The van der Waals surface area contributed by atoms with E-state index >= 15 is 0 Å². The lowest BCUT2D eigenvalue weighted by Crippen LogP contribution is -2.32. The number of aryl methyl sites for hydroxylation is 1. The van der Waals surface area contributed by atoms with Crippen molar-refractivity contribution in [1.82, 2.24) is 9.78 Å². The molecule has 122 valence electrons. The highest BCUT2D eigenvalue weighted by molar-refractivity contribution is 5.43. The van der Waals surface area contributed by atoms with E-state index in [1.807, 2.05) is 36.5 Å². The largest absolute Gasteiger partial charge is 0.494 e. The Bertz CT molecular complexity index is 663. The molecule has 1 aromatic carbocycles. The third-order valence-electron chi connectivity index (χ3n) is 4.10. The number of piperidine rings is 1. The van der Waals surface area contributed by atoms with Crippen molar-refractivity contribution in [1.29, 1.82) is 0 Å². The first-order valence-corrected chi connectivity index (χ1v) is 8.33. The number of anilines is 1. The second-order valence-corrected chi connectivity index (χ2v) is 5.84. The molecular formula is C18H23N3O2. The molecule has 5 heteroatoms. The first-order chi connectivity index (χ1) is 11.3. The maximum atomic E-state index is 12.2. The van der Waals surface area contributed by atoms with E-state index < -0.39 is 0 Å². The average Bonchev–Trinajstić information content (AvgIpc) is 2.61. The normalized spacial score (nSPS) is 14.7. The van der Waals surface area contributed by atoms with Crippen molar-refractivity contribution >= 4 is 5.69 Å². The number of hydrogen-bond acceptors (Lipinski definition) is 4. The molecule has 0 unspecified atom stereocenters. The van der Waals surface area contributed by atoms with Crippen LogP contribution in [0.2, 0.25) is 0 Å². The number of nitrogens with zero attached hydrogens (tertiary/aromatic N) is 3. The summed E-state index contributed by atoms with van der Waals surface area (Å²) >= 11 is 0. The molecule has 1 aliphatic heterocycles. The Kier molecular flexibility index (Phi) is 5.29. The molecule has 0 N–H and O–H groups in total. The first kappa shape index (κ1) is 15.6. The molecule has 23 heavy (non-hydrogen) atoms. The van der Waals surface area contributed by atoms with E-state index in [9.17, 15) is 4.79 Å². The smallest absolute Gasteiger partial charge is 0.268 e. The number of benzene rings is 1. The molecule has 1 aliphatic rings. The topological polar surface area (TPSA) is 47.4 Å². The molecule has 3 rings (SSSR count). The molecule has 1 aromatic heterocycles. The summed E-state index contributed by atoms with van der Waals surface area (Å²) in [4.78, 5) is 14.4. The Hall–Kier alpha value is -2.30. The number of hydrogen-bond donors (Lipinski definition) is 0. The highest BCUT2D eigenvalue weighted by Gasteiger charge is 2.12.